The summed E-state index contributed by atoms with van der Waals surface area (Å²) in [6.45, 7) is 3.17. The molecule has 1 aliphatic heterocycles. The van der Waals surface area contributed by atoms with Crippen molar-refractivity contribution in [3.63, 3.8) is 0 Å². The van der Waals surface area contributed by atoms with Gasteiger partial charge in [-0.1, -0.05) is 5.21 Å². The number of primary amides is 1. The number of aromatic nitrogens is 3. The van der Waals surface area contributed by atoms with Crippen LogP contribution in [-0.4, -0.2) is 51.6 Å². The van der Waals surface area contributed by atoms with Gasteiger partial charge in [0.2, 0.25) is 0 Å². The van der Waals surface area contributed by atoms with Crippen molar-refractivity contribution in [2.24, 2.45) is 5.73 Å². The number of piperidine rings is 1. The smallest absolute Gasteiger partial charge is 0.314 e. The molecule has 2 rings (SSSR count). The lowest BCUT2D eigenvalue weighted by molar-refractivity contribution is 0.185. The molecule has 0 saturated carbocycles. The second-order valence-corrected chi connectivity index (χ2v) is 4.22. The fourth-order valence-electron chi connectivity index (χ4n) is 2.04. The van der Waals surface area contributed by atoms with E-state index in [2.05, 4.69) is 15.6 Å². The predicted molar refractivity (Wildman–Crippen MR) is 62.2 cm³/mol. The lowest BCUT2D eigenvalue weighted by Gasteiger charge is -2.31. The van der Waals surface area contributed by atoms with Gasteiger partial charge in [-0.25, -0.2) is 4.79 Å². The minimum absolute atomic E-state index is 0.314. The third kappa shape index (κ3) is 3.42. The summed E-state index contributed by atoms with van der Waals surface area (Å²) in [7, 11) is 0. The van der Waals surface area contributed by atoms with Crippen LogP contribution < -0.4 is 11.1 Å². The summed E-state index contributed by atoms with van der Waals surface area (Å²) >= 11 is 0. The number of urea groups is 1. The van der Waals surface area contributed by atoms with Crippen molar-refractivity contribution in [2.75, 3.05) is 19.6 Å². The molecule has 0 aromatic carbocycles. The first-order chi connectivity index (χ1) is 8.25. The Bertz CT molecular complexity index is 344. The number of carbonyl (C=O) groups is 1. The molecule has 17 heavy (non-hydrogen) atoms. The number of hydrogen-bond acceptors (Lipinski definition) is 4. The second kappa shape index (κ2) is 5.62. The number of amides is 2. The number of nitrogens with zero attached hydrogens (tertiary/aromatic N) is 4. The Morgan fingerprint density at radius 2 is 2.24 bits per heavy atom. The van der Waals surface area contributed by atoms with Gasteiger partial charge in [-0.15, -0.1) is 5.10 Å². The molecule has 94 valence electrons. The SMILES string of the molecule is NC(=O)N1CCC(NCCn2ccnn2)CC1. The van der Waals surface area contributed by atoms with Crippen LogP contribution in [0.15, 0.2) is 12.4 Å². The summed E-state index contributed by atoms with van der Waals surface area (Å²) in [5.74, 6) is 0. The molecule has 7 nitrogen and oxygen atoms in total. The fourth-order valence-corrected chi connectivity index (χ4v) is 2.04. The van der Waals surface area contributed by atoms with Gasteiger partial charge in [0.15, 0.2) is 0 Å². The summed E-state index contributed by atoms with van der Waals surface area (Å²) in [6, 6.07) is 0.153. The molecule has 0 unspecified atom stereocenters. The molecule has 1 aliphatic rings. The highest BCUT2D eigenvalue weighted by molar-refractivity contribution is 5.72. The summed E-state index contributed by atoms with van der Waals surface area (Å²) < 4.78 is 1.80. The molecule has 7 heteroatoms. The maximum Gasteiger partial charge on any atom is 0.314 e. The van der Waals surface area contributed by atoms with E-state index in [-0.39, 0.29) is 6.03 Å². The van der Waals surface area contributed by atoms with Crippen molar-refractivity contribution in [3.8, 4) is 0 Å². The summed E-state index contributed by atoms with van der Waals surface area (Å²) in [4.78, 5) is 12.6. The van der Waals surface area contributed by atoms with E-state index in [0.717, 1.165) is 39.0 Å². The van der Waals surface area contributed by atoms with Gasteiger partial charge >= 0.3 is 6.03 Å². The molecule has 2 heterocycles. The zero-order chi connectivity index (χ0) is 12.1. The van der Waals surface area contributed by atoms with Crippen molar-refractivity contribution in [3.05, 3.63) is 12.4 Å². The summed E-state index contributed by atoms with van der Waals surface area (Å²) in [5, 5.41) is 11.1. The van der Waals surface area contributed by atoms with E-state index in [9.17, 15) is 4.79 Å². The monoisotopic (exact) mass is 238 g/mol. The van der Waals surface area contributed by atoms with Crippen LogP contribution in [0, 0.1) is 0 Å². The van der Waals surface area contributed by atoms with Crippen LogP contribution in [0.25, 0.3) is 0 Å². The molecule has 1 aromatic rings. The van der Waals surface area contributed by atoms with Crippen molar-refractivity contribution < 1.29 is 4.79 Å². The van der Waals surface area contributed by atoms with Crippen molar-refractivity contribution in [1.29, 1.82) is 0 Å². The van der Waals surface area contributed by atoms with Crippen LogP contribution in [-0.2, 0) is 6.54 Å². The van der Waals surface area contributed by atoms with E-state index >= 15 is 0 Å². The molecule has 0 aliphatic carbocycles. The number of likely N-dealkylation sites (tertiary alicyclic amines) is 1. The number of carbonyl (C=O) groups excluding carboxylic acids is 1. The zero-order valence-electron chi connectivity index (χ0n) is 9.75. The van der Waals surface area contributed by atoms with Crippen molar-refractivity contribution in [1.82, 2.24) is 25.2 Å². The van der Waals surface area contributed by atoms with E-state index in [4.69, 9.17) is 5.73 Å². The Morgan fingerprint density at radius 3 is 2.82 bits per heavy atom. The maximum atomic E-state index is 10.9. The highest BCUT2D eigenvalue weighted by Gasteiger charge is 2.20. The Kier molecular flexibility index (Phi) is 3.92. The minimum atomic E-state index is -0.314. The number of nitrogens with two attached hydrogens (primary N) is 1. The molecule has 3 N–H and O–H groups in total. The highest BCUT2D eigenvalue weighted by atomic mass is 16.2. The van der Waals surface area contributed by atoms with E-state index in [1.807, 2.05) is 6.20 Å². The lowest BCUT2D eigenvalue weighted by atomic mass is 10.1. The first kappa shape index (κ1) is 11.8. The topological polar surface area (TPSA) is 89.1 Å². The Labute approximate surface area is 100.0 Å². The number of rotatable bonds is 4. The predicted octanol–water partition coefficient (Wildman–Crippen LogP) is -0.589. The Balaban J connectivity index is 1.63. The van der Waals surface area contributed by atoms with E-state index in [1.165, 1.54) is 0 Å². The van der Waals surface area contributed by atoms with Crippen LogP contribution in [0.3, 0.4) is 0 Å². The van der Waals surface area contributed by atoms with Gasteiger partial charge in [0, 0.05) is 31.9 Å². The minimum Gasteiger partial charge on any atom is -0.351 e. The van der Waals surface area contributed by atoms with E-state index in [1.54, 1.807) is 15.8 Å². The first-order valence-electron chi connectivity index (χ1n) is 5.87. The Morgan fingerprint density at radius 1 is 1.47 bits per heavy atom. The van der Waals surface area contributed by atoms with Gasteiger partial charge in [-0.3, -0.25) is 4.68 Å². The first-order valence-corrected chi connectivity index (χ1v) is 5.87. The standard InChI is InChI=1S/C10H18N6O/c11-10(17)15-5-1-9(2-6-15)12-3-7-16-8-4-13-14-16/h4,8-9,12H,1-3,5-7H2,(H2,11,17). The summed E-state index contributed by atoms with van der Waals surface area (Å²) in [5.41, 5.74) is 5.22. The molecule has 1 fully saturated rings. The van der Waals surface area contributed by atoms with Gasteiger partial charge in [0.25, 0.3) is 0 Å². The van der Waals surface area contributed by atoms with Crippen LogP contribution in [0.4, 0.5) is 4.79 Å². The molecule has 0 bridgehead atoms. The fraction of sp³-hybridized carbons (Fsp3) is 0.700. The molecular formula is C10H18N6O. The molecule has 2 amide bonds. The largest absolute Gasteiger partial charge is 0.351 e. The van der Waals surface area contributed by atoms with Crippen molar-refractivity contribution >= 4 is 6.03 Å². The molecule has 0 atom stereocenters. The third-order valence-corrected chi connectivity index (χ3v) is 3.05. The van der Waals surface area contributed by atoms with Gasteiger partial charge in [0.05, 0.1) is 12.7 Å². The van der Waals surface area contributed by atoms with Gasteiger partial charge in [0.1, 0.15) is 0 Å². The number of hydrogen-bond donors (Lipinski definition) is 2. The van der Waals surface area contributed by atoms with Gasteiger partial charge in [-0.05, 0) is 12.8 Å². The molecule has 0 radical (unpaired) electrons. The van der Waals surface area contributed by atoms with Crippen molar-refractivity contribution in [2.45, 2.75) is 25.4 Å². The zero-order valence-corrected chi connectivity index (χ0v) is 9.75. The maximum absolute atomic E-state index is 10.9. The molecule has 1 saturated heterocycles. The molecule has 0 spiro atoms. The Hall–Kier alpha value is -1.63. The second-order valence-electron chi connectivity index (χ2n) is 4.22. The van der Waals surface area contributed by atoms with E-state index in [0.29, 0.717) is 6.04 Å². The van der Waals surface area contributed by atoms with Crippen LogP contribution >= 0.6 is 0 Å². The van der Waals surface area contributed by atoms with Crippen LogP contribution in [0.2, 0.25) is 0 Å². The quantitative estimate of drug-likeness (QED) is 0.734. The third-order valence-electron chi connectivity index (χ3n) is 3.05. The summed E-state index contributed by atoms with van der Waals surface area (Å²) in [6.07, 6.45) is 5.43. The van der Waals surface area contributed by atoms with Crippen LogP contribution in [0.1, 0.15) is 12.8 Å². The highest BCUT2D eigenvalue weighted by Crippen LogP contribution is 2.09. The normalized spacial score (nSPS) is 17.3. The van der Waals surface area contributed by atoms with Gasteiger partial charge < -0.3 is 16.0 Å². The molecular weight excluding hydrogens is 220 g/mol. The molecule has 1 aromatic heterocycles. The van der Waals surface area contributed by atoms with E-state index < -0.39 is 0 Å². The number of nitrogens with one attached hydrogen (secondary N) is 1. The average Bonchev–Trinajstić information content (AvgIpc) is 2.83. The van der Waals surface area contributed by atoms with Gasteiger partial charge in [-0.2, -0.15) is 0 Å². The van der Waals surface area contributed by atoms with Crippen LogP contribution in [0.5, 0.6) is 0 Å². The lowest BCUT2D eigenvalue weighted by Crippen LogP contribution is -2.47. The average molecular weight is 238 g/mol.